The van der Waals surface area contributed by atoms with E-state index in [0.29, 0.717) is 5.69 Å². The highest BCUT2D eigenvalue weighted by Gasteiger charge is 2.26. The van der Waals surface area contributed by atoms with Crippen molar-refractivity contribution in [3.8, 4) is 0 Å². The Balaban J connectivity index is 2.22. The third kappa shape index (κ3) is 4.79. The number of benzene rings is 2. The first-order valence-corrected chi connectivity index (χ1v) is 8.37. The van der Waals surface area contributed by atoms with Crippen LogP contribution < -0.4 is 10.4 Å². The van der Waals surface area contributed by atoms with E-state index in [1.807, 2.05) is 55.5 Å². The second-order valence-electron chi connectivity index (χ2n) is 5.35. The van der Waals surface area contributed by atoms with Crippen LogP contribution in [0.15, 0.2) is 54.6 Å². The van der Waals surface area contributed by atoms with Gasteiger partial charge in [-0.3, -0.25) is 4.79 Å². The molecule has 4 nitrogen and oxygen atoms in total. The minimum absolute atomic E-state index is 0.226. The Morgan fingerprint density at radius 2 is 1.70 bits per heavy atom. The summed E-state index contributed by atoms with van der Waals surface area (Å²) in [4.78, 5) is 23.7. The van der Waals surface area contributed by atoms with Crippen LogP contribution in [0.5, 0.6) is 0 Å². The number of carbonyl (C=O) groups is 2. The molecule has 2 atom stereocenters. The Morgan fingerprint density at radius 1 is 1.09 bits per heavy atom. The molecule has 1 N–H and O–H groups in total. The van der Waals surface area contributed by atoms with Crippen molar-refractivity contribution in [1.29, 1.82) is 0 Å². The number of rotatable bonds is 6. The lowest BCUT2D eigenvalue weighted by molar-refractivity contribution is -0.306. The first-order valence-electron chi connectivity index (χ1n) is 7.29. The van der Waals surface area contributed by atoms with Crippen LogP contribution in [0.3, 0.4) is 0 Å². The maximum Gasteiger partial charge on any atom is 0.228 e. The number of amides is 1. The van der Waals surface area contributed by atoms with Crippen LogP contribution in [-0.4, -0.2) is 11.9 Å². The summed E-state index contributed by atoms with van der Waals surface area (Å²) >= 11 is 2.13. The van der Waals surface area contributed by atoms with E-state index < -0.39 is 11.9 Å². The van der Waals surface area contributed by atoms with Crippen molar-refractivity contribution in [1.82, 2.24) is 0 Å². The fourth-order valence-corrected chi connectivity index (χ4v) is 2.98. The summed E-state index contributed by atoms with van der Waals surface area (Å²) in [5, 5.41) is 13.9. The molecule has 0 aliphatic heterocycles. The van der Waals surface area contributed by atoms with Crippen LogP contribution in [0.25, 0.3) is 0 Å². The zero-order chi connectivity index (χ0) is 16.8. The van der Waals surface area contributed by atoms with Crippen LogP contribution in [-0.2, 0) is 9.59 Å². The first kappa shape index (κ1) is 17.5. The molecule has 0 radical (unpaired) electrons. The number of carboxylic acid groups (broad SMARTS) is 1. The lowest BCUT2D eigenvalue weighted by atomic mass is 9.84. The van der Waals surface area contributed by atoms with E-state index in [-0.39, 0.29) is 18.2 Å². The molecule has 0 fully saturated rings. The molecule has 5 heteroatoms. The van der Waals surface area contributed by atoms with Gasteiger partial charge in [0.25, 0.3) is 0 Å². The largest absolute Gasteiger partial charge is 0.550 e. The number of hydrogen-bond acceptors (Lipinski definition) is 3. The summed E-state index contributed by atoms with van der Waals surface area (Å²) in [6.07, 6.45) is -0.314. The van der Waals surface area contributed by atoms with Gasteiger partial charge >= 0.3 is 0 Å². The highest BCUT2D eigenvalue weighted by molar-refractivity contribution is 14.1. The lowest BCUT2D eigenvalue weighted by Gasteiger charge is -2.24. The molecule has 1 amide bonds. The molecule has 2 aromatic rings. The van der Waals surface area contributed by atoms with E-state index in [0.717, 1.165) is 9.13 Å². The Labute approximate surface area is 149 Å². The Hall–Kier alpha value is -1.89. The first-order chi connectivity index (χ1) is 11.0. The minimum Gasteiger partial charge on any atom is -0.550 e. The summed E-state index contributed by atoms with van der Waals surface area (Å²) in [5.74, 6) is -2.46. The maximum atomic E-state index is 12.6. The van der Waals surface area contributed by atoms with Crippen LogP contribution in [0.2, 0.25) is 0 Å². The monoisotopic (exact) mass is 422 g/mol. The maximum absolute atomic E-state index is 12.6. The number of nitrogens with one attached hydrogen (secondary N) is 1. The quantitative estimate of drug-likeness (QED) is 0.729. The molecule has 0 spiro atoms. The fraction of sp³-hybridized carbons (Fsp3) is 0.222. The van der Waals surface area contributed by atoms with Crippen LogP contribution >= 0.6 is 22.6 Å². The van der Waals surface area contributed by atoms with Gasteiger partial charge in [-0.2, -0.15) is 0 Å². The molecule has 0 aliphatic rings. The van der Waals surface area contributed by atoms with E-state index in [4.69, 9.17) is 0 Å². The molecule has 2 rings (SSSR count). The Kier molecular flexibility index (Phi) is 6.15. The smallest absolute Gasteiger partial charge is 0.228 e. The van der Waals surface area contributed by atoms with Crippen molar-refractivity contribution in [3.05, 3.63) is 63.7 Å². The van der Waals surface area contributed by atoms with Crippen molar-refractivity contribution in [2.24, 2.45) is 5.92 Å². The number of hydrogen-bond donors (Lipinski definition) is 1. The minimum atomic E-state index is -1.23. The number of anilines is 1. The zero-order valence-corrected chi connectivity index (χ0v) is 14.8. The molecule has 0 saturated heterocycles. The Morgan fingerprint density at radius 3 is 2.30 bits per heavy atom. The highest BCUT2D eigenvalue weighted by atomic mass is 127. The van der Waals surface area contributed by atoms with Crippen LogP contribution in [0.4, 0.5) is 5.69 Å². The third-order valence-corrected chi connectivity index (χ3v) is 4.72. The van der Waals surface area contributed by atoms with Crippen molar-refractivity contribution in [2.75, 3.05) is 5.32 Å². The van der Waals surface area contributed by atoms with E-state index in [1.165, 1.54) is 0 Å². The third-order valence-electron chi connectivity index (χ3n) is 3.78. The van der Waals surface area contributed by atoms with Crippen LogP contribution in [0, 0.1) is 9.49 Å². The number of para-hydroxylation sites is 1. The normalized spacial score (nSPS) is 13.1. The summed E-state index contributed by atoms with van der Waals surface area (Å²) in [5.41, 5.74) is 1.61. The summed E-state index contributed by atoms with van der Waals surface area (Å²) in [6, 6.07) is 16.8. The highest BCUT2D eigenvalue weighted by Crippen LogP contribution is 2.28. The van der Waals surface area contributed by atoms with Crippen molar-refractivity contribution >= 4 is 40.2 Å². The molecule has 23 heavy (non-hydrogen) atoms. The van der Waals surface area contributed by atoms with Crippen molar-refractivity contribution < 1.29 is 14.7 Å². The predicted octanol–water partition coefficient (Wildman–Crippen LogP) is 2.79. The van der Waals surface area contributed by atoms with Crippen molar-refractivity contribution in [3.63, 3.8) is 0 Å². The van der Waals surface area contributed by atoms with Crippen LogP contribution in [0.1, 0.15) is 24.8 Å². The summed E-state index contributed by atoms with van der Waals surface area (Å²) in [7, 11) is 0. The van der Waals surface area contributed by atoms with E-state index in [2.05, 4.69) is 27.9 Å². The molecule has 0 aromatic heterocycles. The standard InChI is InChI=1S/C18H18INO3/c1-12(13-7-3-2-4-8-13)14(11-17(21)22)18(23)20-16-10-6-5-9-15(16)19/h2-10,12,14H,11H2,1H3,(H,20,23)(H,21,22)/p-1. The van der Waals surface area contributed by atoms with Crippen molar-refractivity contribution in [2.45, 2.75) is 19.3 Å². The summed E-state index contributed by atoms with van der Waals surface area (Å²) in [6.45, 7) is 1.86. The Bertz CT molecular complexity index is 688. The van der Waals surface area contributed by atoms with Gasteiger partial charge in [-0.05, 0) is 52.6 Å². The van der Waals surface area contributed by atoms with E-state index >= 15 is 0 Å². The number of halogens is 1. The zero-order valence-electron chi connectivity index (χ0n) is 12.7. The molecular formula is C18H17INO3-. The van der Waals surface area contributed by atoms with Gasteiger partial charge < -0.3 is 15.2 Å². The topological polar surface area (TPSA) is 69.2 Å². The molecule has 0 heterocycles. The SMILES string of the molecule is CC(c1ccccc1)C(CC(=O)[O-])C(=O)Nc1ccccc1I. The van der Waals surface area contributed by atoms with E-state index in [9.17, 15) is 14.7 Å². The van der Waals surface area contributed by atoms with E-state index in [1.54, 1.807) is 6.07 Å². The van der Waals surface area contributed by atoms with Gasteiger partial charge in [0.1, 0.15) is 0 Å². The van der Waals surface area contributed by atoms with Gasteiger partial charge in [0.15, 0.2) is 0 Å². The second-order valence-corrected chi connectivity index (χ2v) is 6.51. The predicted molar refractivity (Wildman–Crippen MR) is 95.8 cm³/mol. The summed E-state index contributed by atoms with van der Waals surface area (Å²) < 4.78 is 0.901. The fourth-order valence-electron chi connectivity index (χ4n) is 2.45. The molecule has 0 saturated carbocycles. The molecule has 0 bridgehead atoms. The number of aliphatic carboxylic acids is 1. The van der Waals surface area contributed by atoms with Gasteiger partial charge in [0, 0.05) is 9.54 Å². The van der Waals surface area contributed by atoms with Gasteiger partial charge in [-0.25, -0.2) is 0 Å². The molecule has 0 aliphatic carbocycles. The lowest BCUT2D eigenvalue weighted by Crippen LogP contribution is -2.34. The average Bonchev–Trinajstić information content (AvgIpc) is 2.54. The molecule has 2 aromatic carbocycles. The second kappa shape index (κ2) is 8.10. The average molecular weight is 422 g/mol. The molecule has 2 unspecified atom stereocenters. The van der Waals surface area contributed by atoms with Gasteiger partial charge in [-0.1, -0.05) is 49.4 Å². The molecule has 120 valence electrons. The molecular weight excluding hydrogens is 405 g/mol. The number of carbonyl (C=O) groups excluding carboxylic acids is 2. The van der Waals surface area contributed by atoms with Gasteiger partial charge in [0.2, 0.25) is 5.91 Å². The number of carboxylic acids is 1. The van der Waals surface area contributed by atoms with Gasteiger partial charge in [0.05, 0.1) is 11.6 Å². The van der Waals surface area contributed by atoms with Gasteiger partial charge in [-0.15, -0.1) is 0 Å².